The van der Waals surface area contributed by atoms with Crippen molar-refractivity contribution in [3.8, 4) is 0 Å². The summed E-state index contributed by atoms with van der Waals surface area (Å²) in [7, 11) is 0. The van der Waals surface area contributed by atoms with E-state index in [1.165, 1.54) is 0 Å². The monoisotopic (exact) mass is 797 g/mol. The molecule has 0 spiro atoms. The summed E-state index contributed by atoms with van der Waals surface area (Å²) in [6.45, 7) is 0.540. The molecule has 12 N–H and O–H groups in total. The Morgan fingerprint density at radius 3 is 1.98 bits per heavy atom. The molecule has 23 heteroatoms. The van der Waals surface area contributed by atoms with Crippen LogP contribution in [0.25, 0.3) is 0 Å². The molecular formula is C32H55N5O18. The molecule has 3 fully saturated rings. The van der Waals surface area contributed by atoms with Gasteiger partial charge in [0.2, 0.25) is 11.8 Å². The van der Waals surface area contributed by atoms with Gasteiger partial charge in [-0.2, -0.15) is 0 Å². The standard InChI is InChI=1S/C32H55N5O18/c1-2-33-20(41)7-6-15-11-37(36-35-15)9-4-3-5-19(40)34-8-10-50-31-28(49)29(55-32-27(48)25(46)22(43)17(13-39)53-32)23(44)18(54-31)14-51-30-26(47)24(45)21(42)16(12-38)52-30/h11,16-18,21-32,38-39,42-49H,2-10,12-14H2,1H3,(H,33,41)(H,34,40)/t16-,17-,18-,21-,22-,23-,24+,25+,26+,27+,28+,29+,30+,31+,32-/m1/s1. The molecule has 0 unspecified atom stereocenters. The van der Waals surface area contributed by atoms with Crippen LogP contribution in [-0.2, 0) is 51.0 Å². The molecule has 316 valence electrons. The minimum Gasteiger partial charge on any atom is -0.394 e. The third-order valence-corrected chi connectivity index (χ3v) is 9.37. The van der Waals surface area contributed by atoms with Crippen LogP contribution in [0.15, 0.2) is 6.20 Å². The number of aliphatic hydroxyl groups is 10. The van der Waals surface area contributed by atoms with Crippen molar-refractivity contribution in [2.24, 2.45) is 0 Å². The van der Waals surface area contributed by atoms with Crippen molar-refractivity contribution in [2.45, 2.75) is 138 Å². The maximum Gasteiger partial charge on any atom is 0.220 e. The Hall–Kier alpha value is -2.56. The highest BCUT2D eigenvalue weighted by molar-refractivity contribution is 5.76. The fraction of sp³-hybridized carbons (Fsp3) is 0.875. The van der Waals surface area contributed by atoms with Crippen LogP contribution < -0.4 is 10.6 Å². The van der Waals surface area contributed by atoms with Gasteiger partial charge in [-0.15, -0.1) is 5.10 Å². The van der Waals surface area contributed by atoms with Crippen molar-refractivity contribution in [3.05, 3.63) is 11.9 Å². The molecular weight excluding hydrogens is 742 g/mol. The Morgan fingerprint density at radius 1 is 0.727 bits per heavy atom. The van der Waals surface area contributed by atoms with Crippen LogP contribution in [0.5, 0.6) is 0 Å². The Balaban J connectivity index is 1.29. The van der Waals surface area contributed by atoms with E-state index in [4.69, 9.17) is 28.4 Å². The molecule has 55 heavy (non-hydrogen) atoms. The number of aliphatic hydroxyl groups excluding tert-OH is 10. The molecule has 0 saturated carbocycles. The Morgan fingerprint density at radius 2 is 1.33 bits per heavy atom. The second-order valence-electron chi connectivity index (χ2n) is 13.5. The number of ether oxygens (including phenoxy) is 6. The Bertz CT molecular complexity index is 1310. The highest BCUT2D eigenvalue weighted by atomic mass is 16.7. The fourth-order valence-corrected chi connectivity index (χ4v) is 6.17. The lowest BCUT2D eigenvalue weighted by atomic mass is 9.96. The van der Waals surface area contributed by atoms with Gasteiger partial charge >= 0.3 is 0 Å². The van der Waals surface area contributed by atoms with E-state index in [0.717, 1.165) is 0 Å². The molecule has 4 rings (SSSR count). The number of rotatable bonds is 20. The molecule has 1 aromatic rings. The number of unbranched alkanes of at least 4 members (excludes halogenated alkanes) is 1. The number of carbonyl (C=O) groups is 2. The van der Waals surface area contributed by atoms with E-state index in [1.807, 2.05) is 6.92 Å². The lowest BCUT2D eigenvalue weighted by Gasteiger charge is -2.46. The molecule has 1 aromatic heterocycles. The van der Waals surface area contributed by atoms with Crippen molar-refractivity contribution in [2.75, 3.05) is 39.5 Å². The second kappa shape index (κ2) is 21.8. The van der Waals surface area contributed by atoms with Crippen LogP contribution in [0.4, 0.5) is 0 Å². The van der Waals surface area contributed by atoms with Crippen LogP contribution in [0.1, 0.15) is 38.3 Å². The smallest absolute Gasteiger partial charge is 0.220 e. The third kappa shape index (κ3) is 12.2. The van der Waals surface area contributed by atoms with Gasteiger partial charge in [-0.25, -0.2) is 0 Å². The lowest BCUT2D eigenvalue weighted by Crippen LogP contribution is -2.65. The maximum atomic E-state index is 12.5. The quantitative estimate of drug-likeness (QED) is 0.0545. The summed E-state index contributed by atoms with van der Waals surface area (Å²) in [5, 5.41) is 116. The summed E-state index contributed by atoms with van der Waals surface area (Å²) < 4.78 is 34.9. The normalized spacial score (nSPS) is 36.7. The summed E-state index contributed by atoms with van der Waals surface area (Å²) in [5.74, 6) is -0.358. The van der Waals surface area contributed by atoms with Gasteiger partial charge < -0.3 is 90.1 Å². The van der Waals surface area contributed by atoms with Gasteiger partial charge in [-0.05, 0) is 19.8 Å². The molecule has 3 aliphatic heterocycles. The molecule has 0 aromatic carbocycles. The number of nitrogens with zero attached hydrogens (tertiary/aromatic N) is 3. The first-order valence-corrected chi connectivity index (χ1v) is 18.2. The Labute approximate surface area is 315 Å². The zero-order valence-corrected chi connectivity index (χ0v) is 30.3. The van der Waals surface area contributed by atoms with Crippen LogP contribution in [0.3, 0.4) is 0 Å². The van der Waals surface area contributed by atoms with E-state index in [1.54, 1.807) is 10.9 Å². The van der Waals surface area contributed by atoms with Crippen molar-refractivity contribution < 1.29 is 89.1 Å². The van der Waals surface area contributed by atoms with E-state index in [9.17, 15) is 60.7 Å². The topological polar surface area (TPSA) is 347 Å². The first-order chi connectivity index (χ1) is 26.3. The van der Waals surface area contributed by atoms with Gasteiger partial charge in [0.1, 0.15) is 73.2 Å². The molecule has 4 heterocycles. The molecule has 3 saturated heterocycles. The summed E-state index contributed by atoms with van der Waals surface area (Å²) >= 11 is 0. The summed E-state index contributed by atoms with van der Waals surface area (Å²) in [6.07, 6.45) is -21.2. The molecule has 0 bridgehead atoms. The van der Waals surface area contributed by atoms with Crippen LogP contribution in [0.2, 0.25) is 0 Å². The first-order valence-electron chi connectivity index (χ1n) is 18.2. The lowest BCUT2D eigenvalue weighted by molar-refractivity contribution is -0.366. The fourth-order valence-electron chi connectivity index (χ4n) is 6.17. The number of carbonyl (C=O) groups excluding carboxylic acids is 2. The van der Waals surface area contributed by atoms with E-state index in [0.29, 0.717) is 44.5 Å². The van der Waals surface area contributed by atoms with E-state index < -0.39 is 112 Å². The number of aryl methyl sites for hydroxylation is 2. The number of hydrogen-bond donors (Lipinski definition) is 12. The van der Waals surface area contributed by atoms with Crippen LogP contribution in [0, 0.1) is 0 Å². The van der Waals surface area contributed by atoms with Gasteiger partial charge in [0.05, 0.1) is 32.1 Å². The number of hydrogen-bond acceptors (Lipinski definition) is 20. The minimum absolute atomic E-state index is 0.0315. The maximum absolute atomic E-state index is 12.5. The summed E-state index contributed by atoms with van der Waals surface area (Å²) in [6, 6.07) is 0. The van der Waals surface area contributed by atoms with E-state index in [2.05, 4.69) is 20.9 Å². The molecule has 15 atom stereocenters. The van der Waals surface area contributed by atoms with Gasteiger partial charge in [0.15, 0.2) is 18.9 Å². The summed E-state index contributed by atoms with van der Waals surface area (Å²) in [5.41, 5.74) is 0.685. The van der Waals surface area contributed by atoms with Gasteiger partial charge in [0.25, 0.3) is 0 Å². The molecule has 0 aliphatic carbocycles. The predicted molar refractivity (Wildman–Crippen MR) is 179 cm³/mol. The summed E-state index contributed by atoms with van der Waals surface area (Å²) in [4.78, 5) is 24.1. The Kier molecular flexibility index (Phi) is 17.9. The van der Waals surface area contributed by atoms with Crippen molar-refractivity contribution in [1.82, 2.24) is 25.6 Å². The van der Waals surface area contributed by atoms with Crippen LogP contribution >= 0.6 is 0 Å². The van der Waals surface area contributed by atoms with Crippen LogP contribution in [-0.4, -0.2) is 210 Å². The number of aromatic nitrogens is 3. The molecule has 3 aliphatic rings. The molecule has 2 amide bonds. The number of amides is 2. The predicted octanol–water partition coefficient (Wildman–Crippen LogP) is -6.90. The van der Waals surface area contributed by atoms with Gasteiger partial charge in [0, 0.05) is 45.1 Å². The average molecular weight is 798 g/mol. The zero-order chi connectivity index (χ0) is 40.2. The SMILES string of the molecule is CCNC(=O)CCc1cn(CCCCC(=O)NCCO[C@H]2O[C@H](CO[C@H]3O[C@H](CO)[C@@H](O)[C@H](O)[C@@H]3O)[C@@H](O)[C@H](O[C@H]3O[C@H](CO)[C@@H](O)[C@H](O)[C@@H]3O)[C@@H]2O)nn1. The minimum atomic E-state index is -1.89. The number of nitrogens with one attached hydrogen (secondary N) is 2. The second-order valence-corrected chi connectivity index (χ2v) is 13.5. The van der Waals surface area contributed by atoms with Gasteiger partial charge in [-0.1, -0.05) is 5.21 Å². The van der Waals surface area contributed by atoms with Crippen molar-refractivity contribution >= 4 is 11.8 Å². The largest absolute Gasteiger partial charge is 0.394 e. The van der Waals surface area contributed by atoms with Gasteiger partial charge in [-0.3, -0.25) is 14.3 Å². The highest BCUT2D eigenvalue weighted by Gasteiger charge is 2.52. The van der Waals surface area contributed by atoms with Crippen molar-refractivity contribution in [1.29, 1.82) is 0 Å². The molecule has 0 radical (unpaired) electrons. The first kappa shape index (κ1) is 45.1. The van der Waals surface area contributed by atoms with E-state index >= 15 is 0 Å². The van der Waals surface area contributed by atoms with Crippen molar-refractivity contribution in [3.63, 3.8) is 0 Å². The highest BCUT2D eigenvalue weighted by Crippen LogP contribution is 2.31. The zero-order valence-electron chi connectivity index (χ0n) is 30.3. The average Bonchev–Trinajstić information content (AvgIpc) is 3.63. The molecule has 23 nitrogen and oxygen atoms in total. The van der Waals surface area contributed by atoms with E-state index in [-0.39, 0.29) is 31.4 Å². The third-order valence-electron chi connectivity index (χ3n) is 9.37.